The summed E-state index contributed by atoms with van der Waals surface area (Å²) in [7, 11) is 1.56. The standard InChI is InChI=1S/C24H28N2O3/c1-24(2,3)26-23(28)15-8-10-19-18(12-15)16-6-5-7-17(16)22(25-19)14-9-11-20(27)21(13-14)29-4/h5-6,8-13,16-17,22,25,27H,7H2,1-4H3,(H,26,28). The molecule has 1 aliphatic carbocycles. The van der Waals surface area contributed by atoms with Gasteiger partial charge in [0.2, 0.25) is 0 Å². The second-order valence-corrected chi connectivity index (χ2v) is 8.91. The van der Waals surface area contributed by atoms with Crippen LogP contribution in [0.15, 0.2) is 48.6 Å². The van der Waals surface area contributed by atoms with Crippen LogP contribution in [-0.2, 0) is 0 Å². The molecule has 0 bridgehead atoms. The number of anilines is 1. The van der Waals surface area contributed by atoms with Gasteiger partial charge in [-0.25, -0.2) is 0 Å². The molecule has 2 aromatic carbocycles. The van der Waals surface area contributed by atoms with E-state index in [1.54, 1.807) is 13.2 Å². The number of amides is 1. The normalized spacial score (nSPS) is 22.4. The summed E-state index contributed by atoms with van der Waals surface area (Å²) >= 11 is 0. The first-order chi connectivity index (χ1) is 13.8. The molecule has 29 heavy (non-hydrogen) atoms. The number of methoxy groups -OCH3 is 1. The van der Waals surface area contributed by atoms with Crippen molar-refractivity contribution in [1.82, 2.24) is 5.32 Å². The number of allylic oxidation sites excluding steroid dienone is 2. The zero-order valence-electron chi connectivity index (χ0n) is 17.3. The molecule has 3 unspecified atom stereocenters. The fraction of sp³-hybridized carbons (Fsp3) is 0.375. The van der Waals surface area contributed by atoms with Gasteiger partial charge >= 0.3 is 0 Å². The van der Waals surface area contributed by atoms with Gasteiger partial charge < -0.3 is 20.5 Å². The molecule has 0 fully saturated rings. The fourth-order valence-electron chi connectivity index (χ4n) is 4.37. The number of benzene rings is 2. The van der Waals surface area contributed by atoms with Crippen LogP contribution in [0.5, 0.6) is 11.5 Å². The Balaban J connectivity index is 1.68. The van der Waals surface area contributed by atoms with Crippen LogP contribution >= 0.6 is 0 Å². The lowest BCUT2D eigenvalue weighted by molar-refractivity contribution is 0.0919. The highest BCUT2D eigenvalue weighted by Crippen LogP contribution is 2.50. The maximum atomic E-state index is 12.6. The number of aromatic hydroxyl groups is 1. The molecule has 0 saturated carbocycles. The Labute approximate surface area is 171 Å². The molecule has 5 nitrogen and oxygen atoms in total. The molecule has 2 aliphatic rings. The van der Waals surface area contributed by atoms with E-state index in [-0.39, 0.29) is 29.2 Å². The van der Waals surface area contributed by atoms with Crippen molar-refractivity contribution in [2.75, 3.05) is 12.4 Å². The van der Waals surface area contributed by atoms with Crippen LogP contribution < -0.4 is 15.4 Å². The number of carbonyl (C=O) groups excluding carboxylic acids is 1. The number of hydrogen-bond donors (Lipinski definition) is 3. The zero-order chi connectivity index (χ0) is 20.8. The second-order valence-electron chi connectivity index (χ2n) is 8.91. The van der Waals surface area contributed by atoms with Crippen molar-refractivity contribution in [3.63, 3.8) is 0 Å². The summed E-state index contributed by atoms with van der Waals surface area (Å²) in [6, 6.07) is 11.5. The van der Waals surface area contributed by atoms with Crippen LogP contribution in [0.1, 0.15) is 60.6 Å². The molecule has 4 rings (SSSR count). The van der Waals surface area contributed by atoms with Gasteiger partial charge in [0, 0.05) is 22.7 Å². The third-order valence-electron chi connectivity index (χ3n) is 5.68. The molecule has 2 aromatic rings. The van der Waals surface area contributed by atoms with Crippen molar-refractivity contribution in [3.8, 4) is 11.5 Å². The van der Waals surface area contributed by atoms with E-state index in [4.69, 9.17) is 4.74 Å². The fourth-order valence-corrected chi connectivity index (χ4v) is 4.37. The van der Waals surface area contributed by atoms with Crippen LogP contribution in [0, 0.1) is 5.92 Å². The van der Waals surface area contributed by atoms with E-state index in [1.165, 1.54) is 0 Å². The predicted molar refractivity (Wildman–Crippen MR) is 115 cm³/mol. The van der Waals surface area contributed by atoms with Crippen molar-refractivity contribution < 1.29 is 14.6 Å². The lowest BCUT2D eigenvalue weighted by Crippen LogP contribution is -2.40. The summed E-state index contributed by atoms with van der Waals surface area (Å²) in [4.78, 5) is 12.6. The summed E-state index contributed by atoms with van der Waals surface area (Å²) in [6.07, 6.45) is 5.43. The van der Waals surface area contributed by atoms with E-state index in [1.807, 2.05) is 51.1 Å². The van der Waals surface area contributed by atoms with Crippen LogP contribution in [0.4, 0.5) is 5.69 Å². The monoisotopic (exact) mass is 392 g/mol. The maximum absolute atomic E-state index is 12.6. The van der Waals surface area contributed by atoms with Gasteiger partial charge in [-0.05, 0) is 74.6 Å². The first-order valence-electron chi connectivity index (χ1n) is 10.0. The number of hydrogen-bond acceptors (Lipinski definition) is 4. The topological polar surface area (TPSA) is 70.6 Å². The van der Waals surface area contributed by atoms with Gasteiger partial charge in [-0.1, -0.05) is 18.2 Å². The van der Waals surface area contributed by atoms with E-state index >= 15 is 0 Å². The molecular weight excluding hydrogens is 364 g/mol. The number of fused-ring (bicyclic) bond motifs is 3. The average Bonchev–Trinajstić information content (AvgIpc) is 3.16. The Hall–Kier alpha value is -2.95. The highest BCUT2D eigenvalue weighted by atomic mass is 16.5. The number of carbonyl (C=O) groups is 1. The quantitative estimate of drug-likeness (QED) is 0.659. The van der Waals surface area contributed by atoms with E-state index in [0.29, 0.717) is 17.2 Å². The number of nitrogens with one attached hydrogen (secondary N) is 2. The smallest absolute Gasteiger partial charge is 0.251 e. The van der Waals surface area contributed by atoms with E-state index in [0.717, 1.165) is 23.2 Å². The van der Waals surface area contributed by atoms with Crippen LogP contribution in [0.2, 0.25) is 0 Å². The maximum Gasteiger partial charge on any atom is 0.251 e. The van der Waals surface area contributed by atoms with Gasteiger partial charge in [-0.15, -0.1) is 0 Å². The highest BCUT2D eigenvalue weighted by molar-refractivity contribution is 5.95. The molecular formula is C24H28N2O3. The van der Waals surface area contributed by atoms with Crippen molar-refractivity contribution in [2.45, 2.75) is 44.7 Å². The minimum atomic E-state index is -0.274. The Morgan fingerprint density at radius 2 is 2.00 bits per heavy atom. The van der Waals surface area contributed by atoms with E-state index in [9.17, 15) is 9.90 Å². The lowest BCUT2D eigenvalue weighted by atomic mass is 9.76. The number of rotatable bonds is 3. The first kappa shape index (κ1) is 19.4. The molecule has 1 aliphatic heterocycles. The summed E-state index contributed by atoms with van der Waals surface area (Å²) in [5.41, 5.74) is 3.70. The third-order valence-corrected chi connectivity index (χ3v) is 5.68. The molecule has 0 radical (unpaired) electrons. The summed E-state index contributed by atoms with van der Waals surface area (Å²) in [6.45, 7) is 5.95. The van der Waals surface area contributed by atoms with Crippen molar-refractivity contribution in [1.29, 1.82) is 0 Å². The number of phenols is 1. The van der Waals surface area contributed by atoms with E-state index in [2.05, 4.69) is 22.8 Å². The highest BCUT2D eigenvalue weighted by Gasteiger charge is 2.38. The van der Waals surface area contributed by atoms with Gasteiger partial charge in [-0.2, -0.15) is 0 Å². The zero-order valence-corrected chi connectivity index (χ0v) is 17.3. The lowest BCUT2D eigenvalue weighted by Gasteiger charge is -2.38. The Morgan fingerprint density at radius 3 is 2.72 bits per heavy atom. The van der Waals surface area contributed by atoms with Gasteiger partial charge in [0.15, 0.2) is 11.5 Å². The van der Waals surface area contributed by atoms with Crippen molar-refractivity contribution >= 4 is 11.6 Å². The van der Waals surface area contributed by atoms with Gasteiger partial charge in [0.05, 0.1) is 13.2 Å². The number of phenolic OH excluding ortho intramolecular Hbond substituents is 1. The number of ether oxygens (including phenoxy) is 1. The molecule has 3 atom stereocenters. The van der Waals surface area contributed by atoms with Gasteiger partial charge in [0.25, 0.3) is 5.91 Å². The van der Waals surface area contributed by atoms with Crippen LogP contribution in [0.3, 0.4) is 0 Å². The summed E-state index contributed by atoms with van der Waals surface area (Å²) in [5.74, 6) is 1.16. The minimum absolute atomic E-state index is 0.0516. The SMILES string of the molecule is COc1cc(C2Nc3ccc(C(=O)NC(C)(C)C)cc3C3C=CCC32)ccc1O. The van der Waals surface area contributed by atoms with Crippen molar-refractivity contribution in [3.05, 3.63) is 65.2 Å². The molecule has 3 N–H and O–H groups in total. The Kier molecular flexibility index (Phi) is 4.77. The molecule has 0 spiro atoms. The molecule has 1 heterocycles. The van der Waals surface area contributed by atoms with Crippen LogP contribution in [0.25, 0.3) is 0 Å². The molecule has 0 saturated heterocycles. The molecule has 152 valence electrons. The Morgan fingerprint density at radius 1 is 1.21 bits per heavy atom. The molecule has 0 aromatic heterocycles. The minimum Gasteiger partial charge on any atom is -0.504 e. The van der Waals surface area contributed by atoms with E-state index < -0.39 is 0 Å². The van der Waals surface area contributed by atoms with Gasteiger partial charge in [0.1, 0.15) is 0 Å². The van der Waals surface area contributed by atoms with Gasteiger partial charge in [-0.3, -0.25) is 4.79 Å². The molecule has 5 heteroatoms. The third kappa shape index (κ3) is 3.69. The Bertz CT molecular complexity index is 975. The van der Waals surface area contributed by atoms with Crippen LogP contribution in [-0.4, -0.2) is 23.7 Å². The molecule has 1 amide bonds. The average molecular weight is 392 g/mol. The second kappa shape index (κ2) is 7.14. The first-order valence-corrected chi connectivity index (χ1v) is 10.0. The van der Waals surface area contributed by atoms with Crippen molar-refractivity contribution in [2.24, 2.45) is 5.92 Å². The predicted octanol–water partition coefficient (Wildman–Crippen LogP) is 4.76. The summed E-state index contributed by atoms with van der Waals surface area (Å²) in [5, 5.41) is 16.6. The largest absolute Gasteiger partial charge is 0.504 e. The summed E-state index contributed by atoms with van der Waals surface area (Å²) < 4.78 is 5.30.